The summed E-state index contributed by atoms with van der Waals surface area (Å²) >= 11 is 6.12. The lowest BCUT2D eigenvalue weighted by Crippen LogP contribution is -2.26. The molecule has 1 aromatic heterocycles. The largest absolute Gasteiger partial charge is 0.323 e. The summed E-state index contributed by atoms with van der Waals surface area (Å²) < 4.78 is 28.5. The van der Waals surface area contributed by atoms with Gasteiger partial charge in [-0.1, -0.05) is 23.7 Å². The van der Waals surface area contributed by atoms with Crippen LogP contribution in [-0.2, 0) is 0 Å². The van der Waals surface area contributed by atoms with Crippen molar-refractivity contribution >= 4 is 22.4 Å². The van der Waals surface area contributed by atoms with Crippen molar-refractivity contribution in [3.63, 3.8) is 0 Å². The van der Waals surface area contributed by atoms with Gasteiger partial charge >= 0.3 is 0 Å². The molecule has 0 saturated heterocycles. The number of pyridine rings is 1. The lowest BCUT2D eigenvalue weighted by Gasteiger charge is -2.18. The molecule has 3 aromatic rings. The molecule has 3 nitrogen and oxygen atoms in total. The van der Waals surface area contributed by atoms with E-state index in [4.69, 9.17) is 17.3 Å². The van der Waals surface area contributed by atoms with Gasteiger partial charge in [0.2, 0.25) is 0 Å². The lowest BCUT2D eigenvalue weighted by molar-refractivity contribution is 0.573. The molecule has 0 saturated carbocycles. The van der Waals surface area contributed by atoms with Gasteiger partial charge in [0, 0.05) is 17.8 Å². The van der Waals surface area contributed by atoms with Gasteiger partial charge in [-0.2, -0.15) is 0 Å². The zero-order valence-corrected chi connectivity index (χ0v) is 12.9. The fourth-order valence-electron chi connectivity index (χ4n) is 2.59. The summed E-state index contributed by atoms with van der Waals surface area (Å²) in [5.74, 6) is -1.57. The van der Waals surface area contributed by atoms with Crippen LogP contribution >= 0.6 is 11.6 Å². The zero-order valence-electron chi connectivity index (χ0n) is 12.2. The Balaban J connectivity index is 2.47. The average molecular weight is 335 g/mol. The van der Waals surface area contributed by atoms with Crippen molar-refractivity contribution in [2.45, 2.75) is 13.0 Å². The van der Waals surface area contributed by atoms with Crippen molar-refractivity contribution in [3.8, 4) is 5.69 Å². The molecule has 0 spiro atoms. The van der Waals surface area contributed by atoms with Crippen molar-refractivity contribution in [1.29, 1.82) is 0 Å². The Bertz CT molecular complexity index is 967. The first-order chi connectivity index (χ1) is 10.9. The van der Waals surface area contributed by atoms with E-state index in [9.17, 15) is 13.6 Å². The first-order valence-electron chi connectivity index (χ1n) is 6.95. The summed E-state index contributed by atoms with van der Waals surface area (Å²) in [6.07, 6.45) is 0. The first kappa shape index (κ1) is 15.6. The van der Waals surface area contributed by atoms with Crippen molar-refractivity contribution < 1.29 is 8.78 Å². The van der Waals surface area contributed by atoms with E-state index in [1.165, 1.54) is 6.07 Å². The Kier molecular flexibility index (Phi) is 3.92. The Labute approximate surface area is 135 Å². The predicted molar refractivity (Wildman–Crippen MR) is 87.1 cm³/mol. The number of benzene rings is 2. The second-order valence-corrected chi connectivity index (χ2v) is 5.71. The van der Waals surface area contributed by atoms with Gasteiger partial charge in [-0.05, 0) is 36.6 Å². The number of halogens is 3. The summed E-state index contributed by atoms with van der Waals surface area (Å²) in [5, 5.41) is 1.15. The van der Waals surface area contributed by atoms with Crippen LogP contribution in [0.15, 0.2) is 47.3 Å². The van der Waals surface area contributed by atoms with Gasteiger partial charge in [0.05, 0.1) is 16.1 Å². The lowest BCUT2D eigenvalue weighted by atomic mass is 10.1. The van der Waals surface area contributed by atoms with Crippen LogP contribution in [-0.4, -0.2) is 4.57 Å². The van der Waals surface area contributed by atoms with E-state index in [1.807, 2.05) is 0 Å². The zero-order chi connectivity index (χ0) is 16.7. The van der Waals surface area contributed by atoms with Crippen LogP contribution in [0.4, 0.5) is 8.78 Å². The highest BCUT2D eigenvalue weighted by Gasteiger charge is 2.18. The van der Waals surface area contributed by atoms with Gasteiger partial charge in [-0.3, -0.25) is 9.36 Å². The normalized spacial score (nSPS) is 12.6. The topological polar surface area (TPSA) is 48.0 Å². The third kappa shape index (κ3) is 2.62. The van der Waals surface area contributed by atoms with E-state index in [0.717, 1.165) is 16.7 Å². The smallest absolute Gasteiger partial charge is 0.264 e. The van der Waals surface area contributed by atoms with Crippen molar-refractivity contribution in [3.05, 3.63) is 75.2 Å². The summed E-state index contributed by atoms with van der Waals surface area (Å²) in [6.45, 7) is 1.68. The summed E-state index contributed by atoms with van der Waals surface area (Å²) in [4.78, 5) is 12.9. The number of hydrogen-bond donors (Lipinski definition) is 1. The summed E-state index contributed by atoms with van der Waals surface area (Å²) in [5.41, 5.74) is 5.79. The Hall–Kier alpha value is -2.24. The van der Waals surface area contributed by atoms with Crippen molar-refractivity contribution in [2.24, 2.45) is 5.73 Å². The van der Waals surface area contributed by atoms with E-state index in [-0.39, 0.29) is 16.1 Å². The fraction of sp³-hybridized carbons (Fsp3) is 0.118. The monoisotopic (exact) mass is 334 g/mol. The van der Waals surface area contributed by atoms with Crippen LogP contribution < -0.4 is 11.3 Å². The molecule has 2 N–H and O–H groups in total. The maximum atomic E-state index is 14.2. The van der Waals surface area contributed by atoms with Crippen molar-refractivity contribution in [2.75, 3.05) is 0 Å². The Morgan fingerprint density at radius 3 is 2.57 bits per heavy atom. The van der Waals surface area contributed by atoms with E-state index in [2.05, 4.69) is 0 Å². The highest BCUT2D eigenvalue weighted by Crippen LogP contribution is 2.25. The van der Waals surface area contributed by atoms with E-state index in [1.54, 1.807) is 31.2 Å². The van der Waals surface area contributed by atoms with Crippen LogP contribution in [0.5, 0.6) is 0 Å². The van der Waals surface area contributed by atoms with Gasteiger partial charge in [-0.25, -0.2) is 8.78 Å². The number of fused-ring (bicyclic) bond motifs is 1. The molecule has 118 valence electrons. The molecule has 0 fully saturated rings. The highest BCUT2D eigenvalue weighted by molar-refractivity contribution is 6.35. The second-order valence-electron chi connectivity index (χ2n) is 5.30. The molecule has 1 atom stereocenters. The van der Waals surface area contributed by atoms with Crippen LogP contribution in [0, 0.1) is 11.6 Å². The summed E-state index contributed by atoms with van der Waals surface area (Å²) in [7, 11) is 0. The number of hydrogen-bond acceptors (Lipinski definition) is 2. The van der Waals surface area contributed by atoms with E-state index >= 15 is 0 Å². The minimum atomic E-state index is -0.847. The maximum absolute atomic E-state index is 14.2. The highest BCUT2D eigenvalue weighted by atomic mass is 35.5. The molecule has 0 aliphatic heterocycles. The number of nitrogens with two attached hydrogens (primary N) is 1. The van der Waals surface area contributed by atoms with Crippen LogP contribution in [0.3, 0.4) is 0 Å². The number of aromatic nitrogens is 1. The maximum Gasteiger partial charge on any atom is 0.264 e. The minimum absolute atomic E-state index is 0.0643. The molecular weight excluding hydrogens is 322 g/mol. The third-order valence-electron chi connectivity index (χ3n) is 3.64. The molecular formula is C17H13ClF2N2O. The minimum Gasteiger partial charge on any atom is -0.323 e. The molecule has 6 heteroatoms. The quantitative estimate of drug-likeness (QED) is 0.771. The molecule has 0 amide bonds. The van der Waals surface area contributed by atoms with Gasteiger partial charge in [0.25, 0.3) is 5.56 Å². The molecule has 23 heavy (non-hydrogen) atoms. The standard InChI is InChI=1S/C17H13ClF2N2O/c1-9(21)15-7-10-3-2-4-12(18)16(10)17(23)22(15)14-6-5-11(19)8-13(14)20/h2-9H,21H2,1H3. The number of rotatable bonds is 2. The predicted octanol–water partition coefficient (Wildman–Crippen LogP) is 3.94. The Morgan fingerprint density at radius 2 is 1.91 bits per heavy atom. The molecule has 3 rings (SSSR count). The van der Waals surface area contributed by atoms with E-state index in [0.29, 0.717) is 11.1 Å². The molecule has 0 aliphatic rings. The molecule has 2 aromatic carbocycles. The molecule has 1 unspecified atom stereocenters. The Morgan fingerprint density at radius 1 is 1.17 bits per heavy atom. The van der Waals surface area contributed by atoms with Gasteiger partial charge in [-0.15, -0.1) is 0 Å². The van der Waals surface area contributed by atoms with Gasteiger partial charge in [0.1, 0.15) is 11.6 Å². The van der Waals surface area contributed by atoms with Crippen LogP contribution in [0.2, 0.25) is 5.02 Å². The SMILES string of the molecule is CC(N)c1cc2cccc(Cl)c2c(=O)n1-c1ccc(F)cc1F. The summed E-state index contributed by atoms with van der Waals surface area (Å²) in [6, 6.07) is 9.22. The molecule has 1 heterocycles. The second kappa shape index (κ2) is 5.76. The van der Waals surface area contributed by atoms with Crippen molar-refractivity contribution in [1.82, 2.24) is 4.57 Å². The third-order valence-corrected chi connectivity index (χ3v) is 3.96. The molecule has 0 radical (unpaired) electrons. The van der Waals surface area contributed by atoms with Gasteiger partial charge in [0.15, 0.2) is 0 Å². The van der Waals surface area contributed by atoms with E-state index < -0.39 is 23.2 Å². The fourth-order valence-corrected chi connectivity index (χ4v) is 2.85. The first-order valence-corrected chi connectivity index (χ1v) is 7.33. The van der Waals surface area contributed by atoms with Crippen LogP contribution in [0.1, 0.15) is 18.7 Å². The number of nitrogens with zero attached hydrogens (tertiary/aromatic N) is 1. The average Bonchev–Trinajstić information content (AvgIpc) is 2.48. The molecule has 0 bridgehead atoms. The van der Waals surface area contributed by atoms with Crippen LogP contribution in [0.25, 0.3) is 16.5 Å². The van der Waals surface area contributed by atoms with Gasteiger partial charge < -0.3 is 5.73 Å². The molecule has 0 aliphatic carbocycles.